The summed E-state index contributed by atoms with van der Waals surface area (Å²) in [7, 11) is 3.82. The van der Waals surface area contributed by atoms with Crippen molar-refractivity contribution in [3.8, 4) is 0 Å². The molecule has 0 saturated carbocycles. The summed E-state index contributed by atoms with van der Waals surface area (Å²) in [6.45, 7) is 2.67. The molecule has 100 valence electrons. The Hall–Kier alpha value is -0.610. The second-order valence-corrected chi connectivity index (χ2v) is 4.80. The molecule has 1 fully saturated rings. The minimum Gasteiger partial charge on any atom is -0.378 e. The van der Waals surface area contributed by atoms with Crippen LogP contribution < -0.4 is 5.32 Å². The van der Waals surface area contributed by atoms with E-state index in [1.54, 1.807) is 0 Å². The van der Waals surface area contributed by atoms with E-state index in [1.807, 2.05) is 19.0 Å². The van der Waals surface area contributed by atoms with Crippen molar-refractivity contribution in [1.29, 1.82) is 0 Å². The molecular formula is C13H26N2O2. The van der Waals surface area contributed by atoms with Crippen LogP contribution in [0.4, 0.5) is 0 Å². The van der Waals surface area contributed by atoms with Crippen LogP contribution in [0.15, 0.2) is 0 Å². The summed E-state index contributed by atoms with van der Waals surface area (Å²) in [5, 5.41) is 3.09. The molecule has 1 rings (SSSR count). The molecule has 1 heterocycles. The topological polar surface area (TPSA) is 41.6 Å². The third-order valence-electron chi connectivity index (χ3n) is 3.30. The van der Waals surface area contributed by atoms with E-state index in [4.69, 9.17) is 4.74 Å². The summed E-state index contributed by atoms with van der Waals surface area (Å²) in [5.41, 5.74) is 0. The second kappa shape index (κ2) is 8.48. The average Bonchev–Trinajstić information content (AvgIpc) is 2.37. The first-order valence-electron chi connectivity index (χ1n) is 6.74. The van der Waals surface area contributed by atoms with Crippen LogP contribution in [0.25, 0.3) is 0 Å². The SMILES string of the molecule is CNCCCN(C)C(=O)CCC1CCCCO1. The molecule has 4 nitrogen and oxygen atoms in total. The molecule has 1 aliphatic rings. The van der Waals surface area contributed by atoms with Crippen molar-refractivity contribution in [2.24, 2.45) is 0 Å². The Bertz CT molecular complexity index is 215. The fourth-order valence-corrected chi connectivity index (χ4v) is 2.13. The van der Waals surface area contributed by atoms with Gasteiger partial charge in [0.25, 0.3) is 0 Å². The van der Waals surface area contributed by atoms with Crippen molar-refractivity contribution in [3.05, 3.63) is 0 Å². The molecule has 0 aromatic heterocycles. The monoisotopic (exact) mass is 242 g/mol. The maximum atomic E-state index is 11.8. The maximum Gasteiger partial charge on any atom is 0.222 e. The molecule has 1 N–H and O–H groups in total. The number of carbonyl (C=O) groups is 1. The first-order chi connectivity index (χ1) is 8.24. The summed E-state index contributed by atoms with van der Waals surface area (Å²) in [5.74, 6) is 0.246. The summed E-state index contributed by atoms with van der Waals surface area (Å²) >= 11 is 0. The van der Waals surface area contributed by atoms with Gasteiger partial charge in [-0.05, 0) is 45.7 Å². The van der Waals surface area contributed by atoms with Crippen molar-refractivity contribution >= 4 is 5.91 Å². The molecule has 1 saturated heterocycles. The maximum absolute atomic E-state index is 11.8. The summed E-state index contributed by atoms with van der Waals surface area (Å²) < 4.78 is 5.63. The van der Waals surface area contributed by atoms with Gasteiger partial charge in [0.1, 0.15) is 0 Å². The zero-order valence-corrected chi connectivity index (χ0v) is 11.2. The van der Waals surface area contributed by atoms with Crippen LogP contribution in [0.5, 0.6) is 0 Å². The van der Waals surface area contributed by atoms with Gasteiger partial charge in [0, 0.05) is 26.6 Å². The summed E-state index contributed by atoms with van der Waals surface area (Å²) in [4.78, 5) is 13.7. The van der Waals surface area contributed by atoms with E-state index < -0.39 is 0 Å². The van der Waals surface area contributed by atoms with Crippen molar-refractivity contribution in [1.82, 2.24) is 10.2 Å². The Labute approximate surface area is 105 Å². The van der Waals surface area contributed by atoms with E-state index in [9.17, 15) is 4.79 Å². The molecular weight excluding hydrogens is 216 g/mol. The number of carbonyl (C=O) groups excluding carboxylic acids is 1. The molecule has 1 atom stereocenters. The highest BCUT2D eigenvalue weighted by molar-refractivity contribution is 5.75. The van der Waals surface area contributed by atoms with Crippen LogP contribution in [0.2, 0.25) is 0 Å². The molecule has 0 spiro atoms. The molecule has 0 aromatic rings. The summed E-state index contributed by atoms with van der Waals surface area (Å²) in [6.07, 6.45) is 6.38. The largest absolute Gasteiger partial charge is 0.378 e. The number of rotatable bonds is 7. The van der Waals surface area contributed by atoms with Crippen LogP contribution in [-0.2, 0) is 9.53 Å². The minimum absolute atomic E-state index is 0.246. The molecule has 0 aliphatic carbocycles. The van der Waals surface area contributed by atoms with E-state index in [1.165, 1.54) is 12.8 Å². The lowest BCUT2D eigenvalue weighted by molar-refractivity contribution is -0.131. The Morgan fingerprint density at radius 1 is 1.47 bits per heavy atom. The first kappa shape index (κ1) is 14.5. The number of ether oxygens (including phenoxy) is 1. The molecule has 1 unspecified atom stereocenters. The fraction of sp³-hybridized carbons (Fsp3) is 0.923. The molecule has 0 aromatic carbocycles. The summed E-state index contributed by atoms with van der Waals surface area (Å²) in [6, 6.07) is 0. The Kier molecular flexibility index (Phi) is 7.21. The number of hydrogen-bond donors (Lipinski definition) is 1. The van der Waals surface area contributed by atoms with Gasteiger partial charge in [0.05, 0.1) is 6.10 Å². The van der Waals surface area contributed by atoms with Crippen molar-refractivity contribution in [2.45, 2.75) is 44.6 Å². The molecule has 1 aliphatic heterocycles. The van der Waals surface area contributed by atoms with Crippen LogP contribution in [0, 0.1) is 0 Å². The van der Waals surface area contributed by atoms with Crippen LogP contribution in [0.3, 0.4) is 0 Å². The predicted octanol–water partition coefficient (Wildman–Crippen LogP) is 1.40. The third kappa shape index (κ3) is 6.03. The van der Waals surface area contributed by atoms with E-state index in [0.29, 0.717) is 12.5 Å². The highest BCUT2D eigenvalue weighted by Gasteiger charge is 2.16. The molecule has 0 bridgehead atoms. The van der Waals surface area contributed by atoms with Gasteiger partial charge in [-0.15, -0.1) is 0 Å². The number of nitrogens with zero attached hydrogens (tertiary/aromatic N) is 1. The molecule has 1 amide bonds. The smallest absolute Gasteiger partial charge is 0.222 e. The highest BCUT2D eigenvalue weighted by Crippen LogP contribution is 2.17. The van der Waals surface area contributed by atoms with Crippen LogP contribution in [-0.4, -0.2) is 50.7 Å². The Morgan fingerprint density at radius 2 is 2.29 bits per heavy atom. The number of amides is 1. The standard InChI is InChI=1S/C13H26N2O2/c1-14-9-5-10-15(2)13(16)8-7-12-6-3-4-11-17-12/h12,14H,3-11H2,1-2H3. The van der Waals surface area contributed by atoms with Gasteiger partial charge in [-0.2, -0.15) is 0 Å². The van der Waals surface area contributed by atoms with Gasteiger partial charge in [-0.1, -0.05) is 0 Å². The predicted molar refractivity (Wildman–Crippen MR) is 69.0 cm³/mol. The molecule has 17 heavy (non-hydrogen) atoms. The first-order valence-corrected chi connectivity index (χ1v) is 6.74. The second-order valence-electron chi connectivity index (χ2n) is 4.80. The Balaban J connectivity index is 2.10. The van der Waals surface area contributed by atoms with Crippen LogP contribution >= 0.6 is 0 Å². The molecule has 0 radical (unpaired) electrons. The van der Waals surface area contributed by atoms with E-state index in [0.717, 1.165) is 39.0 Å². The fourth-order valence-electron chi connectivity index (χ4n) is 2.13. The average molecular weight is 242 g/mol. The third-order valence-corrected chi connectivity index (χ3v) is 3.30. The lowest BCUT2D eigenvalue weighted by Crippen LogP contribution is -2.30. The zero-order valence-electron chi connectivity index (χ0n) is 11.2. The lowest BCUT2D eigenvalue weighted by atomic mass is 10.0. The lowest BCUT2D eigenvalue weighted by Gasteiger charge is -2.23. The quantitative estimate of drug-likeness (QED) is 0.686. The molecule has 4 heteroatoms. The highest BCUT2D eigenvalue weighted by atomic mass is 16.5. The van der Waals surface area contributed by atoms with Crippen LogP contribution in [0.1, 0.15) is 38.5 Å². The zero-order chi connectivity index (χ0) is 12.5. The van der Waals surface area contributed by atoms with Gasteiger partial charge in [0.2, 0.25) is 5.91 Å². The van der Waals surface area contributed by atoms with E-state index >= 15 is 0 Å². The van der Waals surface area contributed by atoms with Crippen molar-refractivity contribution < 1.29 is 9.53 Å². The number of nitrogens with one attached hydrogen (secondary N) is 1. The van der Waals surface area contributed by atoms with Gasteiger partial charge < -0.3 is 15.0 Å². The minimum atomic E-state index is 0.246. The van der Waals surface area contributed by atoms with Crippen molar-refractivity contribution in [3.63, 3.8) is 0 Å². The van der Waals surface area contributed by atoms with E-state index in [2.05, 4.69) is 5.32 Å². The van der Waals surface area contributed by atoms with E-state index in [-0.39, 0.29) is 5.91 Å². The number of hydrogen-bond acceptors (Lipinski definition) is 3. The van der Waals surface area contributed by atoms with Crippen molar-refractivity contribution in [2.75, 3.05) is 33.8 Å². The normalized spacial score (nSPS) is 20.2. The van der Waals surface area contributed by atoms with Gasteiger partial charge >= 0.3 is 0 Å². The Morgan fingerprint density at radius 3 is 2.94 bits per heavy atom. The van der Waals surface area contributed by atoms with Gasteiger partial charge in [0.15, 0.2) is 0 Å². The van der Waals surface area contributed by atoms with Gasteiger partial charge in [-0.3, -0.25) is 4.79 Å². The van der Waals surface area contributed by atoms with Gasteiger partial charge in [-0.25, -0.2) is 0 Å².